The molecule has 6 nitrogen and oxygen atoms in total. The van der Waals surface area contributed by atoms with E-state index >= 15 is 0 Å². The zero-order valence-electron chi connectivity index (χ0n) is 14.0. The summed E-state index contributed by atoms with van der Waals surface area (Å²) in [5.74, 6) is 0.438. The Labute approximate surface area is 150 Å². The van der Waals surface area contributed by atoms with E-state index in [2.05, 4.69) is 15.2 Å². The Morgan fingerprint density at radius 1 is 1.16 bits per heavy atom. The molecule has 0 N–H and O–H groups in total. The van der Waals surface area contributed by atoms with Gasteiger partial charge in [0.05, 0.1) is 6.61 Å². The van der Waals surface area contributed by atoms with Gasteiger partial charge in [-0.05, 0) is 24.6 Å². The molecule has 2 aromatic heterocycles. The summed E-state index contributed by atoms with van der Waals surface area (Å²) in [5.41, 5.74) is 1.80. The van der Waals surface area contributed by atoms with Gasteiger partial charge >= 0.3 is 5.97 Å². The van der Waals surface area contributed by atoms with Crippen molar-refractivity contribution in [3.05, 3.63) is 60.4 Å². The molecule has 0 radical (unpaired) electrons. The Kier molecular flexibility index (Phi) is 5.45. The lowest BCUT2D eigenvalue weighted by Crippen LogP contribution is -2.14. The second-order valence-electron chi connectivity index (χ2n) is 5.26. The summed E-state index contributed by atoms with van der Waals surface area (Å²) in [5, 5.41) is 8.65. The van der Waals surface area contributed by atoms with Gasteiger partial charge in [-0.2, -0.15) is 0 Å². The van der Waals surface area contributed by atoms with Crippen LogP contribution in [0.5, 0.6) is 0 Å². The van der Waals surface area contributed by atoms with E-state index in [4.69, 9.17) is 4.74 Å². The molecule has 0 aliphatic heterocycles. The number of ether oxygens (including phenoxy) is 1. The van der Waals surface area contributed by atoms with Gasteiger partial charge in [0.1, 0.15) is 5.25 Å². The van der Waals surface area contributed by atoms with Crippen molar-refractivity contribution in [3.63, 3.8) is 0 Å². The summed E-state index contributed by atoms with van der Waals surface area (Å²) >= 11 is 1.33. The number of hydrogen-bond donors (Lipinski definition) is 0. The largest absolute Gasteiger partial charge is 0.465 e. The van der Waals surface area contributed by atoms with E-state index in [1.807, 2.05) is 54.1 Å². The highest BCUT2D eigenvalue weighted by atomic mass is 32.2. The lowest BCUT2D eigenvalue weighted by atomic mass is 10.1. The average molecular weight is 354 g/mol. The SMILES string of the molecule is CCOC(=O)[C@H](Sc1nnc(-c2ccncc2)n1C)c1ccccc1. The predicted molar refractivity (Wildman–Crippen MR) is 95.9 cm³/mol. The monoisotopic (exact) mass is 354 g/mol. The van der Waals surface area contributed by atoms with E-state index in [9.17, 15) is 4.79 Å². The molecule has 0 unspecified atom stereocenters. The van der Waals surface area contributed by atoms with Crippen molar-refractivity contribution < 1.29 is 9.53 Å². The number of thioether (sulfide) groups is 1. The quantitative estimate of drug-likeness (QED) is 0.500. The number of nitrogens with zero attached hydrogens (tertiary/aromatic N) is 4. The molecule has 0 spiro atoms. The third-order valence-corrected chi connectivity index (χ3v) is 4.87. The zero-order valence-corrected chi connectivity index (χ0v) is 14.8. The molecule has 1 aromatic carbocycles. The number of pyridine rings is 1. The maximum Gasteiger partial charge on any atom is 0.324 e. The molecule has 0 bridgehead atoms. The van der Waals surface area contributed by atoms with Crippen LogP contribution in [0.25, 0.3) is 11.4 Å². The molecule has 128 valence electrons. The fourth-order valence-corrected chi connectivity index (χ4v) is 3.37. The van der Waals surface area contributed by atoms with Crippen LogP contribution < -0.4 is 0 Å². The third-order valence-electron chi connectivity index (χ3n) is 3.60. The van der Waals surface area contributed by atoms with Crippen LogP contribution in [-0.4, -0.2) is 32.3 Å². The van der Waals surface area contributed by atoms with Crippen LogP contribution >= 0.6 is 11.8 Å². The maximum absolute atomic E-state index is 12.4. The molecule has 1 atom stereocenters. The predicted octanol–water partition coefficient (Wildman–Crippen LogP) is 3.27. The minimum Gasteiger partial charge on any atom is -0.465 e. The topological polar surface area (TPSA) is 69.9 Å². The lowest BCUT2D eigenvalue weighted by Gasteiger charge is -2.15. The number of carbonyl (C=O) groups is 1. The Morgan fingerprint density at radius 3 is 2.56 bits per heavy atom. The van der Waals surface area contributed by atoms with Crippen molar-refractivity contribution in [1.82, 2.24) is 19.7 Å². The van der Waals surface area contributed by atoms with Crippen LogP contribution in [0.4, 0.5) is 0 Å². The summed E-state index contributed by atoms with van der Waals surface area (Å²) in [4.78, 5) is 16.4. The molecule has 0 amide bonds. The molecule has 25 heavy (non-hydrogen) atoms. The maximum atomic E-state index is 12.4. The molecule has 0 aliphatic rings. The highest BCUT2D eigenvalue weighted by Crippen LogP contribution is 2.36. The number of aromatic nitrogens is 4. The lowest BCUT2D eigenvalue weighted by molar-refractivity contribution is -0.142. The van der Waals surface area contributed by atoms with Gasteiger partial charge in [-0.25, -0.2) is 0 Å². The molecule has 7 heteroatoms. The summed E-state index contributed by atoms with van der Waals surface area (Å²) in [6.45, 7) is 2.14. The molecular weight excluding hydrogens is 336 g/mol. The fraction of sp³-hybridized carbons (Fsp3) is 0.222. The standard InChI is InChI=1S/C18H18N4O2S/c1-3-24-17(23)15(13-7-5-4-6-8-13)25-18-21-20-16(22(18)2)14-9-11-19-12-10-14/h4-12,15H,3H2,1-2H3/t15-/m1/s1. The molecule has 3 rings (SSSR count). The average Bonchev–Trinajstić information content (AvgIpc) is 3.01. The van der Waals surface area contributed by atoms with Crippen molar-refractivity contribution in [3.8, 4) is 11.4 Å². The highest BCUT2D eigenvalue weighted by molar-refractivity contribution is 8.00. The van der Waals surface area contributed by atoms with Gasteiger partial charge in [0.15, 0.2) is 11.0 Å². The number of hydrogen-bond acceptors (Lipinski definition) is 6. The molecule has 0 saturated heterocycles. The normalized spacial score (nSPS) is 11.9. The van der Waals surface area contributed by atoms with Gasteiger partial charge in [0.2, 0.25) is 0 Å². The Balaban J connectivity index is 1.90. The molecule has 0 fully saturated rings. The summed E-state index contributed by atoms with van der Waals surface area (Å²) in [6, 6.07) is 13.3. The van der Waals surface area contributed by atoms with E-state index in [0.717, 1.165) is 17.0 Å². The molecule has 3 aromatic rings. The van der Waals surface area contributed by atoms with Crippen LogP contribution in [0.3, 0.4) is 0 Å². The zero-order chi connectivity index (χ0) is 17.6. The van der Waals surface area contributed by atoms with Crippen LogP contribution in [0.15, 0.2) is 60.0 Å². The first-order chi connectivity index (χ1) is 12.2. The first kappa shape index (κ1) is 17.2. The summed E-state index contributed by atoms with van der Waals surface area (Å²) < 4.78 is 7.11. The Hall–Kier alpha value is -2.67. The number of carbonyl (C=O) groups excluding carboxylic acids is 1. The van der Waals surface area contributed by atoms with E-state index in [-0.39, 0.29) is 5.97 Å². The van der Waals surface area contributed by atoms with Gasteiger partial charge < -0.3 is 9.30 Å². The number of benzene rings is 1. The van der Waals surface area contributed by atoms with Crippen molar-refractivity contribution in [2.75, 3.05) is 6.61 Å². The van der Waals surface area contributed by atoms with Crippen molar-refractivity contribution in [1.29, 1.82) is 0 Å². The molecule has 0 aliphatic carbocycles. The first-order valence-corrected chi connectivity index (χ1v) is 8.76. The van der Waals surface area contributed by atoms with Crippen molar-refractivity contribution in [2.24, 2.45) is 7.05 Å². The van der Waals surface area contributed by atoms with Gasteiger partial charge in [0.25, 0.3) is 0 Å². The second-order valence-corrected chi connectivity index (χ2v) is 6.33. The van der Waals surface area contributed by atoms with Gasteiger partial charge in [-0.3, -0.25) is 9.78 Å². The smallest absolute Gasteiger partial charge is 0.324 e. The Morgan fingerprint density at radius 2 is 1.88 bits per heavy atom. The van der Waals surface area contributed by atoms with Crippen LogP contribution in [0, 0.1) is 0 Å². The fourth-order valence-electron chi connectivity index (χ4n) is 2.37. The van der Waals surface area contributed by atoms with Crippen LogP contribution in [0.2, 0.25) is 0 Å². The second kappa shape index (κ2) is 7.94. The van der Waals surface area contributed by atoms with E-state index in [1.54, 1.807) is 19.3 Å². The molecular formula is C18H18N4O2S. The third kappa shape index (κ3) is 3.88. The minimum atomic E-state index is -0.491. The van der Waals surface area contributed by atoms with E-state index < -0.39 is 5.25 Å². The summed E-state index contributed by atoms with van der Waals surface area (Å²) in [7, 11) is 1.88. The van der Waals surface area contributed by atoms with E-state index in [0.29, 0.717) is 11.8 Å². The van der Waals surface area contributed by atoms with Crippen molar-refractivity contribution >= 4 is 17.7 Å². The molecule has 0 saturated carbocycles. The van der Waals surface area contributed by atoms with Gasteiger partial charge in [-0.15, -0.1) is 10.2 Å². The number of rotatable bonds is 6. The van der Waals surface area contributed by atoms with E-state index in [1.165, 1.54) is 11.8 Å². The first-order valence-electron chi connectivity index (χ1n) is 7.88. The molecule has 2 heterocycles. The highest BCUT2D eigenvalue weighted by Gasteiger charge is 2.26. The summed E-state index contributed by atoms with van der Waals surface area (Å²) in [6.07, 6.45) is 3.42. The number of esters is 1. The van der Waals surface area contributed by atoms with Crippen LogP contribution in [-0.2, 0) is 16.6 Å². The van der Waals surface area contributed by atoms with Gasteiger partial charge in [-0.1, -0.05) is 42.1 Å². The van der Waals surface area contributed by atoms with Crippen molar-refractivity contribution in [2.45, 2.75) is 17.3 Å². The Bertz CT molecular complexity index is 837. The minimum absolute atomic E-state index is 0.285. The van der Waals surface area contributed by atoms with Gasteiger partial charge in [0, 0.05) is 25.0 Å². The van der Waals surface area contributed by atoms with Crippen LogP contribution in [0.1, 0.15) is 17.7 Å².